The first-order chi connectivity index (χ1) is 8.63. The van der Waals surface area contributed by atoms with Crippen LogP contribution in [0.5, 0.6) is 0 Å². The van der Waals surface area contributed by atoms with Crippen LogP contribution in [0.15, 0.2) is 23.2 Å². The van der Waals surface area contributed by atoms with Crippen molar-refractivity contribution < 1.29 is 9.32 Å². The summed E-state index contributed by atoms with van der Waals surface area (Å²) in [4.78, 5) is 14.0. The molecule has 2 rings (SSSR count). The first-order valence-electron chi connectivity index (χ1n) is 6.23. The van der Waals surface area contributed by atoms with Gasteiger partial charge in [-0.2, -0.15) is 0 Å². The molecule has 0 radical (unpaired) electrons. The second kappa shape index (κ2) is 5.35. The molecule has 1 aromatic heterocycles. The molecule has 1 fully saturated rings. The summed E-state index contributed by atoms with van der Waals surface area (Å²) in [6, 6.07) is 1.36. The molecule has 2 atom stereocenters. The van der Waals surface area contributed by atoms with Crippen molar-refractivity contribution in [3.05, 3.63) is 30.2 Å². The summed E-state index contributed by atoms with van der Waals surface area (Å²) >= 11 is 0. The fourth-order valence-corrected chi connectivity index (χ4v) is 2.36. The number of nitrogens with two attached hydrogens (primary N) is 1. The van der Waals surface area contributed by atoms with Crippen molar-refractivity contribution in [2.24, 2.45) is 5.73 Å². The van der Waals surface area contributed by atoms with E-state index in [9.17, 15) is 4.79 Å². The van der Waals surface area contributed by atoms with E-state index in [1.54, 1.807) is 11.0 Å². The van der Waals surface area contributed by atoms with Gasteiger partial charge in [0.15, 0.2) is 5.76 Å². The molecule has 1 saturated heterocycles. The van der Waals surface area contributed by atoms with E-state index in [-0.39, 0.29) is 11.9 Å². The monoisotopic (exact) mass is 249 g/mol. The quantitative estimate of drug-likeness (QED) is 0.822. The maximum Gasteiger partial charge on any atom is 0.240 e. The molecule has 18 heavy (non-hydrogen) atoms. The fraction of sp³-hybridized carbons (Fsp3) is 0.538. The van der Waals surface area contributed by atoms with Gasteiger partial charge in [0, 0.05) is 12.6 Å². The highest BCUT2D eigenvalue weighted by Crippen LogP contribution is 2.32. The molecule has 0 bridgehead atoms. The molecule has 1 aliphatic heterocycles. The zero-order valence-corrected chi connectivity index (χ0v) is 10.6. The number of rotatable bonds is 4. The highest BCUT2D eigenvalue weighted by Gasteiger charge is 2.34. The third kappa shape index (κ3) is 2.46. The average Bonchev–Trinajstić information content (AvgIpc) is 2.96. The van der Waals surface area contributed by atoms with Crippen molar-refractivity contribution in [3.8, 4) is 0 Å². The Balaban J connectivity index is 2.12. The Hall–Kier alpha value is -1.62. The maximum atomic E-state index is 12.2. The van der Waals surface area contributed by atoms with Crippen LogP contribution in [0.3, 0.4) is 0 Å². The number of amides is 1. The van der Waals surface area contributed by atoms with E-state index < -0.39 is 6.04 Å². The van der Waals surface area contributed by atoms with Crippen LogP contribution < -0.4 is 5.73 Å². The minimum Gasteiger partial charge on any atom is -0.359 e. The van der Waals surface area contributed by atoms with Crippen LogP contribution in [0.1, 0.15) is 36.8 Å². The molecule has 1 aliphatic rings. The Labute approximate surface area is 107 Å². The predicted molar refractivity (Wildman–Crippen MR) is 67.7 cm³/mol. The topological polar surface area (TPSA) is 72.4 Å². The molecule has 2 unspecified atom stereocenters. The van der Waals surface area contributed by atoms with Crippen molar-refractivity contribution in [2.45, 2.75) is 38.3 Å². The lowest BCUT2D eigenvalue weighted by Gasteiger charge is -2.25. The first-order valence-corrected chi connectivity index (χ1v) is 6.23. The fourth-order valence-electron chi connectivity index (χ4n) is 2.36. The van der Waals surface area contributed by atoms with Crippen molar-refractivity contribution in [3.63, 3.8) is 0 Å². The number of nitrogens with zero attached hydrogens (tertiary/aromatic N) is 2. The molecule has 0 saturated carbocycles. The van der Waals surface area contributed by atoms with E-state index in [1.165, 1.54) is 0 Å². The molecule has 1 amide bonds. The van der Waals surface area contributed by atoms with Crippen molar-refractivity contribution in [1.29, 1.82) is 0 Å². The Morgan fingerprint density at radius 2 is 2.61 bits per heavy atom. The summed E-state index contributed by atoms with van der Waals surface area (Å²) in [6.45, 7) is 6.21. The van der Waals surface area contributed by atoms with Gasteiger partial charge in [0.25, 0.3) is 0 Å². The number of carbonyl (C=O) groups is 1. The lowest BCUT2D eigenvalue weighted by atomic mass is 10.1. The third-order valence-corrected chi connectivity index (χ3v) is 3.25. The zero-order chi connectivity index (χ0) is 13.1. The lowest BCUT2D eigenvalue weighted by Crippen LogP contribution is -2.43. The second-order valence-electron chi connectivity index (χ2n) is 4.69. The van der Waals surface area contributed by atoms with Gasteiger partial charge in [-0.3, -0.25) is 4.79 Å². The smallest absolute Gasteiger partial charge is 0.240 e. The molecule has 0 spiro atoms. The lowest BCUT2D eigenvalue weighted by molar-refractivity contribution is -0.133. The van der Waals surface area contributed by atoms with Crippen molar-refractivity contribution >= 4 is 5.91 Å². The average molecular weight is 249 g/mol. The summed E-state index contributed by atoms with van der Waals surface area (Å²) in [5, 5.41) is 3.88. The van der Waals surface area contributed by atoms with Gasteiger partial charge in [-0.1, -0.05) is 11.2 Å². The number of hydrogen-bond donors (Lipinski definition) is 1. The van der Waals surface area contributed by atoms with E-state index in [4.69, 9.17) is 10.3 Å². The number of aryl methyl sites for hydroxylation is 1. The Kier molecular flexibility index (Phi) is 3.81. The normalized spacial score (nSPS) is 21.0. The number of carbonyl (C=O) groups excluding carboxylic acids is 1. The minimum atomic E-state index is -0.507. The molecular formula is C13H19N3O2. The van der Waals surface area contributed by atoms with Crippen LogP contribution in [0.2, 0.25) is 0 Å². The molecule has 2 heterocycles. The van der Waals surface area contributed by atoms with Crippen molar-refractivity contribution in [2.75, 3.05) is 6.54 Å². The molecule has 5 nitrogen and oxygen atoms in total. The third-order valence-electron chi connectivity index (χ3n) is 3.25. The van der Waals surface area contributed by atoms with Crippen LogP contribution >= 0.6 is 0 Å². The molecule has 1 aromatic rings. The van der Waals surface area contributed by atoms with Gasteiger partial charge in [0.1, 0.15) is 0 Å². The number of likely N-dealkylation sites (tertiary alicyclic amines) is 1. The molecular weight excluding hydrogens is 230 g/mol. The predicted octanol–water partition coefficient (Wildman–Crippen LogP) is 1.55. The van der Waals surface area contributed by atoms with Crippen LogP contribution in [-0.4, -0.2) is 28.6 Å². The summed E-state index contributed by atoms with van der Waals surface area (Å²) in [5.41, 5.74) is 6.68. The summed E-state index contributed by atoms with van der Waals surface area (Å²) in [5.74, 6) is 0.718. The summed E-state index contributed by atoms with van der Waals surface area (Å²) in [7, 11) is 0. The Bertz CT molecular complexity index is 441. The van der Waals surface area contributed by atoms with Crippen LogP contribution in [0.4, 0.5) is 0 Å². The van der Waals surface area contributed by atoms with Gasteiger partial charge in [0.05, 0.1) is 17.8 Å². The van der Waals surface area contributed by atoms with Gasteiger partial charge in [-0.05, 0) is 26.2 Å². The second-order valence-corrected chi connectivity index (χ2v) is 4.69. The number of aromatic nitrogens is 1. The van der Waals surface area contributed by atoms with Gasteiger partial charge in [-0.25, -0.2) is 0 Å². The van der Waals surface area contributed by atoms with Gasteiger partial charge >= 0.3 is 0 Å². The van der Waals surface area contributed by atoms with Gasteiger partial charge in [-0.15, -0.1) is 6.58 Å². The van der Waals surface area contributed by atoms with E-state index in [0.717, 1.165) is 30.8 Å². The molecule has 2 N–H and O–H groups in total. The first kappa shape index (κ1) is 12.8. The van der Waals surface area contributed by atoms with E-state index >= 15 is 0 Å². The van der Waals surface area contributed by atoms with Crippen LogP contribution in [0, 0.1) is 6.92 Å². The Morgan fingerprint density at radius 3 is 3.22 bits per heavy atom. The molecule has 0 aromatic carbocycles. The molecule has 0 aliphatic carbocycles. The molecule has 5 heteroatoms. The largest absolute Gasteiger partial charge is 0.359 e. The summed E-state index contributed by atoms with van der Waals surface area (Å²) < 4.78 is 5.26. The van der Waals surface area contributed by atoms with Gasteiger partial charge in [0.2, 0.25) is 5.91 Å². The van der Waals surface area contributed by atoms with E-state index in [2.05, 4.69) is 11.7 Å². The van der Waals surface area contributed by atoms with Crippen molar-refractivity contribution in [1.82, 2.24) is 10.1 Å². The minimum absolute atomic E-state index is 0.0189. The van der Waals surface area contributed by atoms with Crippen LogP contribution in [-0.2, 0) is 4.79 Å². The highest BCUT2D eigenvalue weighted by molar-refractivity contribution is 5.82. The van der Waals surface area contributed by atoms with E-state index in [0.29, 0.717) is 6.42 Å². The van der Waals surface area contributed by atoms with Gasteiger partial charge < -0.3 is 15.2 Å². The number of hydrogen-bond acceptors (Lipinski definition) is 4. The van der Waals surface area contributed by atoms with Crippen LogP contribution in [0.25, 0.3) is 0 Å². The SMILES string of the molecule is C=CCC(N)C(=O)N1CCCC1c1cc(C)no1. The summed E-state index contributed by atoms with van der Waals surface area (Å²) in [6.07, 6.45) is 4.04. The maximum absolute atomic E-state index is 12.2. The van der Waals surface area contributed by atoms with E-state index in [1.807, 2.05) is 13.0 Å². The molecule has 98 valence electrons. The Morgan fingerprint density at radius 1 is 1.83 bits per heavy atom. The zero-order valence-electron chi connectivity index (χ0n) is 10.6. The standard InChI is InChI=1S/C13H19N3O2/c1-3-5-10(14)13(17)16-7-4-6-11(16)12-8-9(2)15-18-12/h3,8,10-11H,1,4-7,14H2,2H3. The highest BCUT2D eigenvalue weighted by atomic mass is 16.5.